The van der Waals surface area contributed by atoms with Crippen molar-refractivity contribution in [3.63, 3.8) is 0 Å². The molecular formula is C14H26N4. The molecule has 2 rings (SSSR count). The molecular weight excluding hydrogens is 224 g/mol. The molecule has 2 atom stereocenters. The monoisotopic (exact) mass is 250 g/mol. The third kappa shape index (κ3) is 2.93. The van der Waals surface area contributed by atoms with Crippen LogP contribution in [0.25, 0.3) is 0 Å². The Morgan fingerprint density at radius 3 is 2.94 bits per heavy atom. The zero-order chi connectivity index (χ0) is 13.1. The highest BCUT2D eigenvalue weighted by Crippen LogP contribution is 2.22. The van der Waals surface area contributed by atoms with E-state index in [4.69, 9.17) is 5.73 Å². The molecule has 1 fully saturated rings. The fraction of sp³-hybridized carbons (Fsp3) is 0.786. The normalized spacial score (nSPS) is 23.2. The number of nitrogens with zero attached hydrogens (tertiary/aromatic N) is 3. The summed E-state index contributed by atoms with van der Waals surface area (Å²) in [5.74, 6) is 0. The summed E-state index contributed by atoms with van der Waals surface area (Å²) in [5.41, 5.74) is 8.72. The molecule has 1 aromatic rings. The van der Waals surface area contributed by atoms with E-state index in [0.717, 1.165) is 13.0 Å². The first-order chi connectivity index (χ1) is 8.61. The fourth-order valence-electron chi connectivity index (χ4n) is 3.04. The highest BCUT2D eigenvalue weighted by atomic mass is 15.3. The number of piperidine rings is 1. The standard InChI is InChI=1S/C14H26N4/c1-4-13-12(9-17(3)16-13)10-18-8-6-5-7-14(18)11(2)15/h9,11,14H,4-8,10,15H2,1-3H3. The Labute approximate surface area is 110 Å². The molecule has 0 saturated carbocycles. The summed E-state index contributed by atoms with van der Waals surface area (Å²) >= 11 is 0. The highest BCUT2D eigenvalue weighted by molar-refractivity contribution is 5.17. The molecule has 1 aliphatic rings. The Bertz CT molecular complexity index is 383. The van der Waals surface area contributed by atoms with Gasteiger partial charge in [0.25, 0.3) is 0 Å². The van der Waals surface area contributed by atoms with Crippen LogP contribution in [-0.4, -0.2) is 33.3 Å². The summed E-state index contributed by atoms with van der Waals surface area (Å²) < 4.78 is 1.93. The smallest absolute Gasteiger partial charge is 0.0666 e. The van der Waals surface area contributed by atoms with E-state index in [1.807, 2.05) is 11.7 Å². The lowest BCUT2D eigenvalue weighted by Gasteiger charge is -2.38. The van der Waals surface area contributed by atoms with E-state index >= 15 is 0 Å². The van der Waals surface area contributed by atoms with Crippen molar-refractivity contribution in [2.24, 2.45) is 12.8 Å². The molecule has 1 saturated heterocycles. The SMILES string of the molecule is CCc1nn(C)cc1CN1CCCCC1C(C)N. The zero-order valence-electron chi connectivity index (χ0n) is 11.9. The number of hydrogen-bond donors (Lipinski definition) is 1. The van der Waals surface area contributed by atoms with Gasteiger partial charge in [-0.3, -0.25) is 9.58 Å². The predicted octanol–water partition coefficient (Wildman–Crippen LogP) is 1.68. The first-order valence-corrected chi connectivity index (χ1v) is 7.12. The summed E-state index contributed by atoms with van der Waals surface area (Å²) in [5, 5.41) is 4.52. The molecule has 0 radical (unpaired) electrons. The second-order valence-electron chi connectivity index (χ2n) is 5.52. The van der Waals surface area contributed by atoms with Gasteiger partial charge in [0, 0.05) is 37.4 Å². The Balaban J connectivity index is 2.10. The van der Waals surface area contributed by atoms with Gasteiger partial charge in [0.15, 0.2) is 0 Å². The van der Waals surface area contributed by atoms with Gasteiger partial charge in [-0.2, -0.15) is 5.10 Å². The van der Waals surface area contributed by atoms with E-state index in [1.165, 1.54) is 37.1 Å². The maximum atomic E-state index is 6.12. The number of aryl methyl sites for hydroxylation is 2. The van der Waals surface area contributed by atoms with Crippen LogP contribution in [0.5, 0.6) is 0 Å². The summed E-state index contributed by atoms with van der Waals surface area (Å²) in [4.78, 5) is 2.55. The molecule has 2 N–H and O–H groups in total. The van der Waals surface area contributed by atoms with Crippen LogP contribution in [0.4, 0.5) is 0 Å². The van der Waals surface area contributed by atoms with E-state index < -0.39 is 0 Å². The minimum atomic E-state index is 0.257. The highest BCUT2D eigenvalue weighted by Gasteiger charge is 2.26. The molecule has 0 aromatic carbocycles. The molecule has 0 bridgehead atoms. The number of nitrogens with two attached hydrogens (primary N) is 1. The van der Waals surface area contributed by atoms with Gasteiger partial charge in [0.2, 0.25) is 0 Å². The number of rotatable bonds is 4. The van der Waals surface area contributed by atoms with Gasteiger partial charge in [-0.15, -0.1) is 0 Å². The minimum absolute atomic E-state index is 0.257. The first kappa shape index (κ1) is 13.6. The van der Waals surface area contributed by atoms with Crippen LogP contribution in [0, 0.1) is 0 Å². The average molecular weight is 250 g/mol. The number of hydrogen-bond acceptors (Lipinski definition) is 3. The van der Waals surface area contributed by atoms with Crippen molar-refractivity contribution >= 4 is 0 Å². The van der Waals surface area contributed by atoms with Crippen molar-refractivity contribution in [1.82, 2.24) is 14.7 Å². The lowest BCUT2D eigenvalue weighted by Crippen LogP contribution is -2.48. The van der Waals surface area contributed by atoms with E-state index in [1.54, 1.807) is 0 Å². The second kappa shape index (κ2) is 5.85. The summed E-state index contributed by atoms with van der Waals surface area (Å²) in [6, 6.07) is 0.788. The first-order valence-electron chi connectivity index (χ1n) is 7.12. The van der Waals surface area contributed by atoms with Crippen LogP contribution in [0.15, 0.2) is 6.20 Å². The van der Waals surface area contributed by atoms with Gasteiger partial charge in [-0.1, -0.05) is 13.3 Å². The minimum Gasteiger partial charge on any atom is -0.327 e. The molecule has 2 unspecified atom stereocenters. The topological polar surface area (TPSA) is 47.1 Å². The Hall–Kier alpha value is -0.870. The van der Waals surface area contributed by atoms with Crippen molar-refractivity contribution in [2.45, 2.75) is 58.2 Å². The van der Waals surface area contributed by atoms with Gasteiger partial charge >= 0.3 is 0 Å². The maximum absolute atomic E-state index is 6.12. The van der Waals surface area contributed by atoms with E-state index in [0.29, 0.717) is 6.04 Å². The quantitative estimate of drug-likeness (QED) is 0.884. The predicted molar refractivity (Wildman–Crippen MR) is 74.3 cm³/mol. The molecule has 0 aliphatic carbocycles. The second-order valence-corrected chi connectivity index (χ2v) is 5.52. The Kier molecular flexibility index (Phi) is 4.40. The van der Waals surface area contributed by atoms with Crippen molar-refractivity contribution in [3.05, 3.63) is 17.5 Å². The average Bonchev–Trinajstić information content (AvgIpc) is 2.70. The van der Waals surface area contributed by atoms with Gasteiger partial charge in [0.05, 0.1) is 5.69 Å². The van der Waals surface area contributed by atoms with Crippen LogP contribution in [-0.2, 0) is 20.0 Å². The van der Waals surface area contributed by atoms with Crippen LogP contribution in [0.1, 0.15) is 44.4 Å². The van der Waals surface area contributed by atoms with Crippen LogP contribution in [0.3, 0.4) is 0 Å². The summed E-state index contributed by atoms with van der Waals surface area (Å²) in [6.07, 6.45) is 7.01. The lowest BCUT2D eigenvalue weighted by molar-refractivity contribution is 0.122. The molecule has 1 aliphatic heterocycles. The molecule has 1 aromatic heterocycles. The maximum Gasteiger partial charge on any atom is 0.0666 e. The Morgan fingerprint density at radius 2 is 2.28 bits per heavy atom. The molecule has 0 amide bonds. The van der Waals surface area contributed by atoms with E-state index in [2.05, 4.69) is 30.0 Å². The van der Waals surface area contributed by atoms with E-state index in [-0.39, 0.29) is 6.04 Å². The largest absolute Gasteiger partial charge is 0.327 e. The van der Waals surface area contributed by atoms with Crippen molar-refractivity contribution < 1.29 is 0 Å². The van der Waals surface area contributed by atoms with E-state index in [9.17, 15) is 0 Å². The van der Waals surface area contributed by atoms with Crippen LogP contribution >= 0.6 is 0 Å². The van der Waals surface area contributed by atoms with Crippen molar-refractivity contribution in [2.75, 3.05) is 6.54 Å². The third-order valence-corrected chi connectivity index (χ3v) is 3.97. The summed E-state index contributed by atoms with van der Waals surface area (Å²) in [6.45, 7) is 6.48. The lowest BCUT2D eigenvalue weighted by atomic mass is 9.96. The van der Waals surface area contributed by atoms with Crippen molar-refractivity contribution in [1.29, 1.82) is 0 Å². The fourth-order valence-corrected chi connectivity index (χ4v) is 3.04. The van der Waals surface area contributed by atoms with Crippen molar-refractivity contribution in [3.8, 4) is 0 Å². The van der Waals surface area contributed by atoms with Crippen LogP contribution in [0.2, 0.25) is 0 Å². The van der Waals surface area contributed by atoms with Gasteiger partial charge in [0.1, 0.15) is 0 Å². The Morgan fingerprint density at radius 1 is 1.50 bits per heavy atom. The van der Waals surface area contributed by atoms with Gasteiger partial charge in [-0.25, -0.2) is 0 Å². The zero-order valence-corrected chi connectivity index (χ0v) is 11.9. The molecule has 102 valence electrons. The summed E-state index contributed by atoms with van der Waals surface area (Å²) in [7, 11) is 2.00. The number of likely N-dealkylation sites (tertiary alicyclic amines) is 1. The number of aromatic nitrogens is 2. The van der Waals surface area contributed by atoms with Gasteiger partial charge in [-0.05, 0) is 32.7 Å². The van der Waals surface area contributed by atoms with Crippen LogP contribution < -0.4 is 5.73 Å². The molecule has 2 heterocycles. The third-order valence-electron chi connectivity index (χ3n) is 3.97. The molecule has 4 nitrogen and oxygen atoms in total. The molecule has 4 heteroatoms. The molecule has 18 heavy (non-hydrogen) atoms. The molecule has 0 spiro atoms. The van der Waals surface area contributed by atoms with Gasteiger partial charge < -0.3 is 5.73 Å².